The summed E-state index contributed by atoms with van der Waals surface area (Å²) in [7, 11) is 1.69. The lowest BCUT2D eigenvalue weighted by Crippen LogP contribution is -2.57. The van der Waals surface area contributed by atoms with Crippen LogP contribution in [0, 0.1) is 32.1 Å². The van der Waals surface area contributed by atoms with Crippen molar-refractivity contribution in [2.24, 2.45) is 11.3 Å². The van der Waals surface area contributed by atoms with Crippen molar-refractivity contribution in [3.05, 3.63) is 74.5 Å². The van der Waals surface area contributed by atoms with E-state index in [1.165, 1.54) is 10.4 Å². The van der Waals surface area contributed by atoms with Gasteiger partial charge >= 0.3 is 5.97 Å². The summed E-state index contributed by atoms with van der Waals surface area (Å²) in [6.07, 6.45) is 4.01. The predicted molar refractivity (Wildman–Crippen MR) is 143 cm³/mol. The molecule has 1 aromatic heterocycles. The third-order valence-electron chi connectivity index (χ3n) is 7.97. The van der Waals surface area contributed by atoms with Crippen LogP contribution in [0.5, 0.6) is 5.75 Å². The average Bonchev–Trinajstić information content (AvgIpc) is 3.06. The highest BCUT2D eigenvalue weighted by atomic mass is 32.1. The van der Waals surface area contributed by atoms with Crippen molar-refractivity contribution in [3.63, 3.8) is 0 Å². The summed E-state index contributed by atoms with van der Waals surface area (Å²) in [6, 6.07) is 14.9. The number of thiophene rings is 1. The number of nitrogens with one attached hydrogen (secondary N) is 1. The molecular formula is C30H33NO4S. The largest absolute Gasteiger partial charge is 0.497 e. The van der Waals surface area contributed by atoms with Crippen LogP contribution >= 0.6 is 11.3 Å². The number of ether oxygens (including phenoxy) is 1. The fourth-order valence-corrected chi connectivity index (χ4v) is 7.21. The molecule has 1 amide bonds. The van der Waals surface area contributed by atoms with E-state index in [4.69, 9.17) is 9.84 Å². The maximum atomic E-state index is 13.3. The SMILES string of the molecule is COc1cc(C)cc(-c2ccc(Cc3c(C)sc(C)c3C(=O)NC3CC4(C3)CC(C(=O)O)C4)cc2)c1. The number of amides is 1. The van der Waals surface area contributed by atoms with Gasteiger partial charge in [-0.25, -0.2) is 0 Å². The van der Waals surface area contributed by atoms with Crippen LogP contribution in [0.3, 0.4) is 0 Å². The van der Waals surface area contributed by atoms with Gasteiger partial charge < -0.3 is 15.2 Å². The van der Waals surface area contributed by atoms with E-state index in [2.05, 4.69) is 49.5 Å². The standard InChI is InChI=1S/C30H33NO4S/c1-17-9-22(12-25(10-17)35-4)21-7-5-20(6-8-21)11-26-18(2)36-19(3)27(26)28(32)31-24-15-30(16-24)13-23(14-30)29(33)34/h5-10,12,23-24H,11,13-16H2,1-4H3,(H,31,32)(H,33,34). The second-order valence-electron chi connectivity index (χ2n) is 10.7. The number of aryl methyl sites for hydroxylation is 3. The Labute approximate surface area is 216 Å². The van der Waals surface area contributed by atoms with Crippen molar-refractivity contribution in [1.82, 2.24) is 5.32 Å². The third kappa shape index (κ3) is 4.66. The molecule has 5 nitrogen and oxygen atoms in total. The molecular weight excluding hydrogens is 470 g/mol. The first kappa shape index (κ1) is 24.6. The molecule has 0 radical (unpaired) electrons. The van der Waals surface area contributed by atoms with Crippen molar-refractivity contribution in [2.75, 3.05) is 7.11 Å². The lowest BCUT2D eigenvalue weighted by molar-refractivity contribution is -0.155. The first-order valence-electron chi connectivity index (χ1n) is 12.5. The Morgan fingerprint density at radius 1 is 1.00 bits per heavy atom. The summed E-state index contributed by atoms with van der Waals surface area (Å²) in [5.74, 6) is -0.0297. The van der Waals surface area contributed by atoms with Gasteiger partial charge in [0.15, 0.2) is 0 Å². The zero-order valence-corrected chi connectivity index (χ0v) is 22.1. The van der Waals surface area contributed by atoms with E-state index in [0.717, 1.165) is 64.1 Å². The van der Waals surface area contributed by atoms with Crippen LogP contribution in [-0.2, 0) is 11.2 Å². The summed E-state index contributed by atoms with van der Waals surface area (Å²) in [5.41, 5.74) is 6.64. The molecule has 2 N–H and O–H groups in total. The Balaban J connectivity index is 1.27. The number of carbonyl (C=O) groups excluding carboxylic acids is 1. The van der Waals surface area contributed by atoms with Crippen molar-refractivity contribution < 1.29 is 19.4 Å². The molecule has 5 rings (SSSR count). The molecule has 0 atom stereocenters. The van der Waals surface area contributed by atoms with E-state index in [-0.39, 0.29) is 23.3 Å². The first-order chi connectivity index (χ1) is 17.2. The number of aliphatic carboxylic acids is 1. The zero-order chi connectivity index (χ0) is 25.6. The summed E-state index contributed by atoms with van der Waals surface area (Å²) >= 11 is 1.68. The molecule has 0 saturated heterocycles. The zero-order valence-electron chi connectivity index (χ0n) is 21.3. The molecule has 1 heterocycles. The molecule has 0 unspecified atom stereocenters. The highest BCUT2D eigenvalue weighted by molar-refractivity contribution is 7.12. The molecule has 0 aliphatic heterocycles. The van der Waals surface area contributed by atoms with Crippen molar-refractivity contribution in [2.45, 2.75) is 58.9 Å². The van der Waals surface area contributed by atoms with Gasteiger partial charge in [0, 0.05) is 15.8 Å². The van der Waals surface area contributed by atoms with Gasteiger partial charge in [-0.3, -0.25) is 9.59 Å². The molecule has 2 aromatic carbocycles. The van der Waals surface area contributed by atoms with E-state index >= 15 is 0 Å². The Bertz CT molecular complexity index is 1310. The van der Waals surface area contributed by atoms with Gasteiger partial charge in [0.1, 0.15) is 5.75 Å². The number of methoxy groups -OCH3 is 1. The highest BCUT2D eigenvalue weighted by Crippen LogP contribution is 2.58. The Hall–Kier alpha value is -3.12. The summed E-state index contributed by atoms with van der Waals surface area (Å²) in [4.78, 5) is 26.7. The number of hydrogen-bond donors (Lipinski definition) is 2. The van der Waals surface area contributed by atoms with Crippen molar-refractivity contribution in [1.29, 1.82) is 0 Å². The number of carbonyl (C=O) groups is 2. The summed E-state index contributed by atoms with van der Waals surface area (Å²) in [5, 5.41) is 12.4. The van der Waals surface area contributed by atoms with E-state index in [0.29, 0.717) is 6.42 Å². The summed E-state index contributed by atoms with van der Waals surface area (Å²) in [6.45, 7) is 6.18. The molecule has 0 bridgehead atoms. The number of carboxylic acid groups (broad SMARTS) is 1. The number of carboxylic acids is 1. The van der Waals surface area contributed by atoms with Crippen molar-refractivity contribution in [3.8, 4) is 16.9 Å². The highest BCUT2D eigenvalue weighted by Gasteiger charge is 2.55. The van der Waals surface area contributed by atoms with Gasteiger partial charge in [-0.15, -0.1) is 11.3 Å². The van der Waals surface area contributed by atoms with Crippen LogP contribution in [-0.4, -0.2) is 30.1 Å². The van der Waals surface area contributed by atoms with Gasteiger partial charge in [-0.2, -0.15) is 0 Å². The maximum Gasteiger partial charge on any atom is 0.306 e. The molecule has 2 aliphatic rings. The molecule has 2 saturated carbocycles. The normalized spacial score (nSPS) is 22.6. The van der Waals surface area contributed by atoms with Crippen LogP contribution in [0.25, 0.3) is 11.1 Å². The fraction of sp³-hybridized carbons (Fsp3) is 0.400. The van der Waals surface area contributed by atoms with Crippen molar-refractivity contribution >= 4 is 23.2 Å². The molecule has 6 heteroatoms. The van der Waals surface area contributed by atoms with E-state index in [9.17, 15) is 9.59 Å². The molecule has 36 heavy (non-hydrogen) atoms. The quantitative estimate of drug-likeness (QED) is 0.396. The smallest absolute Gasteiger partial charge is 0.306 e. The van der Waals surface area contributed by atoms with Gasteiger partial charge in [0.2, 0.25) is 0 Å². The van der Waals surface area contributed by atoms with Crippen LogP contribution in [0.15, 0.2) is 42.5 Å². The number of hydrogen-bond acceptors (Lipinski definition) is 4. The fourth-order valence-electron chi connectivity index (χ4n) is 6.13. The van der Waals surface area contributed by atoms with E-state index in [1.54, 1.807) is 18.4 Å². The topological polar surface area (TPSA) is 75.6 Å². The second kappa shape index (κ2) is 9.40. The molecule has 2 aliphatic carbocycles. The minimum atomic E-state index is -0.686. The van der Waals surface area contributed by atoms with Crippen LogP contribution in [0.2, 0.25) is 0 Å². The van der Waals surface area contributed by atoms with Gasteiger partial charge in [0.25, 0.3) is 5.91 Å². The van der Waals surface area contributed by atoms with Gasteiger partial charge in [-0.05, 0) is 98.2 Å². The minimum absolute atomic E-state index is 0.00397. The Morgan fingerprint density at radius 2 is 1.69 bits per heavy atom. The van der Waals surface area contributed by atoms with Crippen LogP contribution in [0.1, 0.15) is 62.5 Å². The minimum Gasteiger partial charge on any atom is -0.497 e. The van der Waals surface area contributed by atoms with Gasteiger partial charge in [0.05, 0.1) is 18.6 Å². The monoisotopic (exact) mass is 503 g/mol. The van der Waals surface area contributed by atoms with Crippen LogP contribution < -0.4 is 10.1 Å². The number of rotatable bonds is 7. The maximum absolute atomic E-state index is 13.3. The predicted octanol–water partition coefficient (Wildman–Crippen LogP) is 6.31. The Morgan fingerprint density at radius 3 is 2.33 bits per heavy atom. The van der Waals surface area contributed by atoms with Crippen LogP contribution in [0.4, 0.5) is 0 Å². The third-order valence-corrected chi connectivity index (χ3v) is 9.03. The second-order valence-corrected chi connectivity index (χ2v) is 12.1. The lowest BCUT2D eigenvalue weighted by atomic mass is 9.50. The molecule has 1 spiro atoms. The first-order valence-corrected chi connectivity index (χ1v) is 13.4. The summed E-state index contributed by atoms with van der Waals surface area (Å²) < 4.78 is 5.43. The van der Waals surface area contributed by atoms with Gasteiger partial charge in [-0.1, -0.05) is 30.3 Å². The molecule has 188 valence electrons. The molecule has 3 aromatic rings. The Kier molecular flexibility index (Phi) is 6.41. The lowest BCUT2D eigenvalue weighted by Gasteiger charge is -2.56. The molecule has 2 fully saturated rings. The van der Waals surface area contributed by atoms with E-state index in [1.807, 2.05) is 19.1 Å². The number of benzene rings is 2. The average molecular weight is 504 g/mol. The van der Waals surface area contributed by atoms with E-state index < -0.39 is 5.97 Å².